The van der Waals surface area contributed by atoms with E-state index in [1.165, 1.54) is 11.1 Å². The number of furan rings is 1. The Labute approximate surface area is 181 Å². The summed E-state index contributed by atoms with van der Waals surface area (Å²) in [6, 6.07) is 21.3. The standard InChI is InChI=1S/C25H25N3O3/c1-3-19-7-9-21(10-8-19)30-17-22-11-12-23(31-22)25(29)26-24-13-14-28(27-24)16-20-6-4-5-18(2)15-20/h4-15H,3,16-17H2,1-2H3,(H,26,27,29). The van der Waals surface area contributed by atoms with E-state index in [1.54, 1.807) is 22.9 Å². The Balaban J connectivity index is 1.32. The van der Waals surface area contributed by atoms with E-state index in [0.717, 1.165) is 17.7 Å². The van der Waals surface area contributed by atoms with Gasteiger partial charge in [0.25, 0.3) is 5.91 Å². The number of benzene rings is 2. The van der Waals surface area contributed by atoms with Crippen LogP contribution in [0.2, 0.25) is 0 Å². The molecule has 0 atom stereocenters. The van der Waals surface area contributed by atoms with Crippen molar-refractivity contribution in [3.05, 3.63) is 101 Å². The van der Waals surface area contributed by atoms with Gasteiger partial charge in [-0.05, 0) is 48.7 Å². The number of hydrogen-bond donors (Lipinski definition) is 1. The lowest BCUT2D eigenvalue weighted by molar-refractivity contribution is 0.0992. The predicted octanol–water partition coefficient (Wildman–Crippen LogP) is 5.23. The zero-order valence-corrected chi connectivity index (χ0v) is 17.7. The maximum atomic E-state index is 12.5. The van der Waals surface area contributed by atoms with Gasteiger partial charge in [0.1, 0.15) is 18.1 Å². The van der Waals surface area contributed by atoms with Crippen molar-refractivity contribution in [3.63, 3.8) is 0 Å². The molecular weight excluding hydrogens is 390 g/mol. The van der Waals surface area contributed by atoms with Crippen LogP contribution in [0.5, 0.6) is 5.75 Å². The Kier molecular flexibility index (Phi) is 6.17. The van der Waals surface area contributed by atoms with Gasteiger partial charge in [0.15, 0.2) is 11.6 Å². The van der Waals surface area contributed by atoms with E-state index in [2.05, 4.69) is 42.5 Å². The van der Waals surface area contributed by atoms with Gasteiger partial charge in [0.05, 0.1) is 6.54 Å². The average molecular weight is 415 g/mol. The number of carbonyl (C=O) groups is 1. The number of aryl methyl sites for hydroxylation is 2. The molecule has 4 rings (SSSR count). The van der Waals surface area contributed by atoms with Crippen molar-refractivity contribution >= 4 is 11.7 Å². The molecule has 0 aliphatic carbocycles. The van der Waals surface area contributed by atoms with Crippen LogP contribution in [0, 0.1) is 6.92 Å². The Morgan fingerprint density at radius 1 is 1.06 bits per heavy atom. The minimum atomic E-state index is -0.348. The Hall–Kier alpha value is -3.80. The minimum Gasteiger partial charge on any atom is -0.486 e. The van der Waals surface area contributed by atoms with Gasteiger partial charge in [0.2, 0.25) is 0 Å². The second kappa shape index (κ2) is 9.34. The summed E-state index contributed by atoms with van der Waals surface area (Å²) in [6.07, 6.45) is 2.82. The van der Waals surface area contributed by atoms with Gasteiger partial charge in [-0.25, -0.2) is 0 Å². The van der Waals surface area contributed by atoms with Crippen molar-refractivity contribution < 1.29 is 13.9 Å². The molecule has 6 heteroatoms. The SMILES string of the molecule is CCc1ccc(OCc2ccc(C(=O)Nc3ccn(Cc4cccc(C)c4)n3)o2)cc1. The molecule has 2 aromatic heterocycles. The number of carbonyl (C=O) groups excluding carboxylic acids is 1. The lowest BCUT2D eigenvalue weighted by atomic mass is 10.1. The lowest BCUT2D eigenvalue weighted by Crippen LogP contribution is -2.12. The number of hydrogen-bond acceptors (Lipinski definition) is 4. The van der Waals surface area contributed by atoms with E-state index in [9.17, 15) is 4.79 Å². The summed E-state index contributed by atoms with van der Waals surface area (Å²) in [7, 11) is 0. The molecule has 0 spiro atoms. The topological polar surface area (TPSA) is 69.3 Å². The molecule has 0 bridgehead atoms. The molecule has 0 radical (unpaired) electrons. The summed E-state index contributed by atoms with van der Waals surface area (Å²) in [5.74, 6) is 1.68. The highest BCUT2D eigenvalue weighted by atomic mass is 16.5. The first-order valence-corrected chi connectivity index (χ1v) is 10.3. The van der Waals surface area contributed by atoms with Gasteiger partial charge >= 0.3 is 0 Å². The fourth-order valence-corrected chi connectivity index (χ4v) is 3.25. The Morgan fingerprint density at radius 2 is 1.90 bits per heavy atom. The van der Waals surface area contributed by atoms with Crippen molar-refractivity contribution in [2.45, 2.75) is 33.4 Å². The number of aromatic nitrogens is 2. The second-order valence-corrected chi connectivity index (χ2v) is 7.39. The van der Waals surface area contributed by atoms with Crippen LogP contribution in [0.25, 0.3) is 0 Å². The fraction of sp³-hybridized carbons (Fsp3) is 0.200. The van der Waals surface area contributed by atoms with Crippen LogP contribution in [0.3, 0.4) is 0 Å². The number of anilines is 1. The number of rotatable bonds is 8. The summed E-state index contributed by atoms with van der Waals surface area (Å²) in [5.41, 5.74) is 3.61. The molecule has 6 nitrogen and oxygen atoms in total. The summed E-state index contributed by atoms with van der Waals surface area (Å²) >= 11 is 0. The molecular formula is C25H25N3O3. The van der Waals surface area contributed by atoms with E-state index < -0.39 is 0 Å². The quantitative estimate of drug-likeness (QED) is 0.428. The molecule has 2 aromatic carbocycles. The maximum Gasteiger partial charge on any atom is 0.292 e. The maximum absolute atomic E-state index is 12.5. The number of ether oxygens (including phenoxy) is 1. The smallest absolute Gasteiger partial charge is 0.292 e. The van der Waals surface area contributed by atoms with E-state index in [-0.39, 0.29) is 18.3 Å². The van der Waals surface area contributed by atoms with Crippen LogP contribution in [-0.2, 0) is 19.6 Å². The van der Waals surface area contributed by atoms with Crippen molar-refractivity contribution in [3.8, 4) is 5.75 Å². The number of nitrogens with zero attached hydrogens (tertiary/aromatic N) is 2. The van der Waals surface area contributed by atoms with Crippen molar-refractivity contribution in [1.29, 1.82) is 0 Å². The van der Waals surface area contributed by atoms with Crippen LogP contribution in [-0.4, -0.2) is 15.7 Å². The predicted molar refractivity (Wildman–Crippen MR) is 119 cm³/mol. The Morgan fingerprint density at radius 3 is 2.68 bits per heavy atom. The van der Waals surface area contributed by atoms with Crippen LogP contribution in [0.4, 0.5) is 5.82 Å². The number of nitrogens with one attached hydrogen (secondary N) is 1. The Bertz CT molecular complexity index is 1160. The van der Waals surface area contributed by atoms with Gasteiger partial charge in [-0.1, -0.05) is 48.9 Å². The van der Waals surface area contributed by atoms with Crippen molar-refractivity contribution in [1.82, 2.24) is 9.78 Å². The number of amides is 1. The molecule has 0 aliphatic heterocycles. The monoisotopic (exact) mass is 415 g/mol. The van der Waals surface area contributed by atoms with Gasteiger partial charge in [0, 0.05) is 12.3 Å². The van der Waals surface area contributed by atoms with Gasteiger partial charge in [-0.2, -0.15) is 5.10 Å². The van der Waals surface area contributed by atoms with Gasteiger partial charge in [-0.15, -0.1) is 0 Å². The summed E-state index contributed by atoms with van der Waals surface area (Å²) < 4.78 is 13.1. The van der Waals surface area contributed by atoms with E-state index >= 15 is 0 Å². The zero-order chi connectivity index (χ0) is 21.6. The second-order valence-electron chi connectivity index (χ2n) is 7.39. The van der Waals surface area contributed by atoms with Gasteiger partial charge in [-0.3, -0.25) is 9.48 Å². The zero-order valence-electron chi connectivity index (χ0n) is 17.7. The molecule has 0 saturated carbocycles. The molecule has 31 heavy (non-hydrogen) atoms. The fourth-order valence-electron chi connectivity index (χ4n) is 3.25. The summed E-state index contributed by atoms with van der Waals surface area (Å²) in [6.45, 7) is 5.06. The highest BCUT2D eigenvalue weighted by Crippen LogP contribution is 2.17. The third-order valence-corrected chi connectivity index (χ3v) is 4.91. The third kappa shape index (κ3) is 5.42. The van der Waals surface area contributed by atoms with Gasteiger partial charge < -0.3 is 14.5 Å². The largest absolute Gasteiger partial charge is 0.486 e. The molecule has 0 aliphatic rings. The highest BCUT2D eigenvalue weighted by Gasteiger charge is 2.13. The highest BCUT2D eigenvalue weighted by molar-refractivity contribution is 6.01. The molecule has 0 fully saturated rings. The first-order valence-electron chi connectivity index (χ1n) is 10.3. The first kappa shape index (κ1) is 20.5. The van der Waals surface area contributed by atoms with Crippen LogP contribution >= 0.6 is 0 Å². The normalized spacial score (nSPS) is 10.8. The van der Waals surface area contributed by atoms with E-state index in [1.807, 2.05) is 36.5 Å². The van der Waals surface area contributed by atoms with Crippen LogP contribution in [0.1, 0.15) is 39.9 Å². The third-order valence-electron chi connectivity index (χ3n) is 4.91. The van der Waals surface area contributed by atoms with E-state index in [4.69, 9.17) is 9.15 Å². The molecule has 4 aromatic rings. The first-order chi connectivity index (χ1) is 15.1. The average Bonchev–Trinajstić information content (AvgIpc) is 3.42. The molecule has 158 valence electrons. The van der Waals surface area contributed by atoms with E-state index in [0.29, 0.717) is 18.1 Å². The molecule has 0 saturated heterocycles. The summed E-state index contributed by atoms with van der Waals surface area (Å²) in [4.78, 5) is 12.5. The van der Waals surface area contributed by atoms with Crippen LogP contribution < -0.4 is 10.1 Å². The lowest BCUT2D eigenvalue weighted by Gasteiger charge is -2.05. The molecule has 0 unspecified atom stereocenters. The molecule has 1 amide bonds. The molecule has 2 heterocycles. The summed E-state index contributed by atoms with van der Waals surface area (Å²) in [5, 5.41) is 7.19. The van der Waals surface area contributed by atoms with Crippen molar-refractivity contribution in [2.75, 3.05) is 5.32 Å². The molecule has 1 N–H and O–H groups in total. The van der Waals surface area contributed by atoms with Crippen LogP contribution in [0.15, 0.2) is 77.3 Å². The minimum absolute atomic E-state index is 0.216. The van der Waals surface area contributed by atoms with Crippen molar-refractivity contribution in [2.24, 2.45) is 0 Å².